The fraction of sp³-hybridized carbons (Fsp3) is 0.533. The lowest BCUT2D eigenvalue weighted by Gasteiger charge is -2.15. The molecule has 0 aliphatic carbocycles. The molecule has 3 nitrogen and oxygen atoms in total. The lowest BCUT2D eigenvalue weighted by molar-refractivity contribution is 0.0937. The van der Waals surface area contributed by atoms with Gasteiger partial charge in [0.2, 0.25) is 0 Å². The van der Waals surface area contributed by atoms with Crippen molar-refractivity contribution in [3.8, 4) is 0 Å². The van der Waals surface area contributed by atoms with Gasteiger partial charge in [0.15, 0.2) is 0 Å². The Morgan fingerprint density at radius 2 is 1.78 bits per heavy atom. The van der Waals surface area contributed by atoms with Crippen molar-refractivity contribution in [3.05, 3.63) is 35.4 Å². The maximum Gasteiger partial charge on any atom is 0.251 e. The summed E-state index contributed by atoms with van der Waals surface area (Å²) in [6.45, 7) is 6.95. The topological polar surface area (TPSA) is 55.1 Å². The highest BCUT2D eigenvalue weighted by molar-refractivity contribution is 5.94. The molecular formula is C15H24N2O. The second-order valence-corrected chi connectivity index (χ2v) is 5.25. The van der Waals surface area contributed by atoms with Crippen LogP contribution in [-0.4, -0.2) is 11.9 Å². The van der Waals surface area contributed by atoms with Crippen LogP contribution in [0.1, 0.15) is 49.5 Å². The molecule has 1 amide bonds. The predicted molar refractivity (Wildman–Crippen MR) is 75.3 cm³/mol. The van der Waals surface area contributed by atoms with Gasteiger partial charge in [-0.1, -0.05) is 26.0 Å². The first-order valence-electron chi connectivity index (χ1n) is 6.62. The fourth-order valence-electron chi connectivity index (χ4n) is 1.75. The number of amides is 1. The Labute approximate surface area is 110 Å². The van der Waals surface area contributed by atoms with E-state index in [4.69, 9.17) is 5.73 Å². The van der Waals surface area contributed by atoms with Crippen molar-refractivity contribution < 1.29 is 4.79 Å². The van der Waals surface area contributed by atoms with Crippen LogP contribution in [-0.2, 0) is 6.54 Å². The molecule has 0 radical (unpaired) electrons. The Bertz CT molecular complexity index is 371. The van der Waals surface area contributed by atoms with E-state index < -0.39 is 0 Å². The summed E-state index contributed by atoms with van der Waals surface area (Å²) in [5.41, 5.74) is 7.26. The van der Waals surface area contributed by atoms with Gasteiger partial charge in [0.05, 0.1) is 0 Å². The van der Waals surface area contributed by atoms with Crippen molar-refractivity contribution in [1.29, 1.82) is 0 Å². The smallest absolute Gasteiger partial charge is 0.251 e. The zero-order chi connectivity index (χ0) is 13.5. The number of carbonyl (C=O) groups excluding carboxylic acids is 1. The minimum atomic E-state index is -0.00479. The van der Waals surface area contributed by atoms with Gasteiger partial charge in [-0.15, -0.1) is 0 Å². The Morgan fingerprint density at radius 3 is 2.28 bits per heavy atom. The maximum atomic E-state index is 12.0. The molecule has 0 saturated carbocycles. The van der Waals surface area contributed by atoms with E-state index in [0.717, 1.165) is 18.4 Å². The molecule has 0 aliphatic rings. The molecule has 100 valence electrons. The highest BCUT2D eigenvalue weighted by atomic mass is 16.1. The largest absolute Gasteiger partial charge is 0.350 e. The molecule has 0 aromatic heterocycles. The minimum Gasteiger partial charge on any atom is -0.350 e. The average molecular weight is 248 g/mol. The van der Waals surface area contributed by atoms with Crippen molar-refractivity contribution in [2.24, 2.45) is 11.7 Å². The van der Waals surface area contributed by atoms with Gasteiger partial charge >= 0.3 is 0 Å². The molecule has 0 fully saturated rings. The summed E-state index contributed by atoms with van der Waals surface area (Å²) in [7, 11) is 0. The first kappa shape index (κ1) is 14.7. The van der Waals surface area contributed by atoms with Crippen LogP contribution < -0.4 is 11.1 Å². The van der Waals surface area contributed by atoms with Crippen molar-refractivity contribution in [2.45, 2.75) is 46.2 Å². The molecule has 1 aromatic rings. The van der Waals surface area contributed by atoms with E-state index in [9.17, 15) is 4.79 Å². The van der Waals surface area contributed by atoms with Crippen molar-refractivity contribution in [2.75, 3.05) is 0 Å². The Hall–Kier alpha value is -1.35. The van der Waals surface area contributed by atoms with Crippen LogP contribution in [0.25, 0.3) is 0 Å². The van der Waals surface area contributed by atoms with Crippen molar-refractivity contribution in [1.82, 2.24) is 5.32 Å². The third kappa shape index (κ3) is 4.88. The van der Waals surface area contributed by atoms with E-state index in [-0.39, 0.29) is 11.9 Å². The van der Waals surface area contributed by atoms with E-state index in [0.29, 0.717) is 18.0 Å². The Kier molecular flexibility index (Phi) is 5.86. The number of hydrogen-bond donors (Lipinski definition) is 2. The summed E-state index contributed by atoms with van der Waals surface area (Å²) >= 11 is 0. The molecule has 0 heterocycles. The second kappa shape index (κ2) is 7.17. The quantitative estimate of drug-likeness (QED) is 0.813. The molecule has 1 atom stereocenters. The van der Waals surface area contributed by atoms with Crippen molar-refractivity contribution in [3.63, 3.8) is 0 Å². The molecule has 3 N–H and O–H groups in total. The fourth-order valence-corrected chi connectivity index (χ4v) is 1.75. The molecule has 1 unspecified atom stereocenters. The normalized spacial score (nSPS) is 12.5. The average Bonchev–Trinajstić information content (AvgIpc) is 2.36. The highest BCUT2D eigenvalue weighted by Gasteiger charge is 2.09. The van der Waals surface area contributed by atoms with Crippen LogP contribution in [0.3, 0.4) is 0 Å². The van der Waals surface area contributed by atoms with E-state index in [1.807, 2.05) is 24.3 Å². The predicted octanol–water partition coefficient (Wildman–Crippen LogP) is 2.70. The molecule has 0 spiro atoms. The summed E-state index contributed by atoms with van der Waals surface area (Å²) in [6.07, 6.45) is 2.15. The van der Waals surface area contributed by atoms with Crippen LogP contribution in [0.2, 0.25) is 0 Å². The molecule has 3 heteroatoms. The molecule has 0 saturated heterocycles. The summed E-state index contributed by atoms with van der Waals surface area (Å²) in [4.78, 5) is 12.0. The van der Waals surface area contributed by atoms with E-state index in [2.05, 4.69) is 26.1 Å². The third-order valence-corrected chi connectivity index (χ3v) is 3.01. The van der Waals surface area contributed by atoms with Gasteiger partial charge in [0.25, 0.3) is 5.91 Å². The van der Waals surface area contributed by atoms with E-state index in [1.165, 1.54) is 0 Å². The maximum absolute atomic E-state index is 12.0. The SMILES string of the molecule is CC(C)CCC(C)NC(=O)c1ccc(CN)cc1. The van der Waals surface area contributed by atoms with Crippen LogP contribution in [0.4, 0.5) is 0 Å². The zero-order valence-corrected chi connectivity index (χ0v) is 11.6. The van der Waals surface area contributed by atoms with E-state index >= 15 is 0 Å². The molecule has 0 bridgehead atoms. The van der Waals surface area contributed by atoms with Gasteiger partial charge in [-0.3, -0.25) is 4.79 Å². The third-order valence-electron chi connectivity index (χ3n) is 3.01. The van der Waals surface area contributed by atoms with E-state index in [1.54, 1.807) is 0 Å². The Balaban J connectivity index is 2.48. The molecule has 1 aromatic carbocycles. The summed E-state index contributed by atoms with van der Waals surface area (Å²) in [5, 5.41) is 3.02. The highest BCUT2D eigenvalue weighted by Crippen LogP contribution is 2.08. The van der Waals surface area contributed by atoms with Gasteiger partial charge in [-0.05, 0) is 43.4 Å². The number of nitrogens with two attached hydrogens (primary N) is 1. The number of rotatable bonds is 6. The van der Waals surface area contributed by atoms with Crippen LogP contribution in [0.5, 0.6) is 0 Å². The molecule has 0 aliphatic heterocycles. The molecule has 18 heavy (non-hydrogen) atoms. The van der Waals surface area contributed by atoms with Gasteiger partial charge in [-0.25, -0.2) is 0 Å². The van der Waals surface area contributed by atoms with Crippen LogP contribution in [0, 0.1) is 5.92 Å². The summed E-state index contributed by atoms with van der Waals surface area (Å²) in [5.74, 6) is 0.669. The minimum absolute atomic E-state index is 0.00479. The summed E-state index contributed by atoms with van der Waals surface area (Å²) < 4.78 is 0. The first-order valence-corrected chi connectivity index (χ1v) is 6.62. The van der Waals surface area contributed by atoms with Gasteiger partial charge in [-0.2, -0.15) is 0 Å². The molecule has 1 rings (SSSR count). The standard InChI is InChI=1S/C15H24N2O/c1-11(2)4-5-12(3)17-15(18)14-8-6-13(10-16)7-9-14/h6-9,11-12H,4-5,10,16H2,1-3H3,(H,17,18). The van der Waals surface area contributed by atoms with Gasteiger partial charge < -0.3 is 11.1 Å². The number of carbonyl (C=O) groups is 1. The number of hydrogen-bond acceptors (Lipinski definition) is 2. The molecular weight excluding hydrogens is 224 g/mol. The van der Waals surface area contributed by atoms with Gasteiger partial charge in [0.1, 0.15) is 0 Å². The lowest BCUT2D eigenvalue weighted by atomic mass is 10.0. The zero-order valence-electron chi connectivity index (χ0n) is 11.6. The van der Waals surface area contributed by atoms with Crippen LogP contribution in [0.15, 0.2) is 24.3 Å². The number of benzene rings is 1. The van der Waals surface area contributed by atoms with Crippen LogP contribution >= 0.6 is 0 Å². The number of nitrogens with one attached hydrogen (secondary N) is 1. The monoisotopic (exact) mass is 248 g/mol. The lowest BCUT2D eigenvalue weighted by Crippen LogP contribution is -2.32. The van der Waals surface area contributed by atoms with Gasteiger partial charge in [0, 0.05) is 18.2 Å². The Morgan fingerprint density at radius 1 is 1.17 bits per heavy atom. The second-order valence-electron chi connectivity index (χ2n) is 5.25. The van der Waals surface area contributed by atoms with Crippen molar-refractivity contribution >= 4 is 5.91 Å². The summed E-state index contributed by atoms with van der Waals surface area (Å²) in [6, 6.07) is 7.66. The first-order chi connectivity index (χ1) is 8.52.